The molecule has 0 N–H and O–H groups in total. The van der Waals surface area contributed by atoms with Crippen molar-refractivity contribution in [1.29, 1.82) is 0 Å². The highest BCUT2D eigenvalue weighted by Crippen LogP contribution is 2.16. The molecule has 1 amide bonds. The highest BCUT2D eigenvalue weighted by Gasteiger charge is 2.25. The molecule has 1 aliphatic rings. The normalized spacial score (nSPS) is 18.9. The van der Waals surface area contributed by atoms with Crippen molar-refractivity contribution >= 4 is 5.91 Å². The maximum absolute atomic E-state index is 12.0. The van der Waals surface area contributed by atoms with E-state index in [9.17, 15) is 4.79 Å². The van der Waals surface area contributed by atoms with E-state index in [1.165, 1.54) is 0 Å². The fourth-order valence-electron chi connectivity index (χ4n) is 2.21. The summed E-state index contributed by atoms with van der Waals surface area (Å²) in [5.41, 5.74) is -0.248. The molecule has 0 aliphatic carbocycles. The van der Waals surface area contributed by atoms with E-state index in [1.54, 1.807) is 0 Å². The van der Waals surface area contributed by atoms with E-state index >= 15 is 0 Å². The van der Waals surface area contributed by atoms with Gasteiger partial charge in [0.1, 0.15) is 6.61 Å². The largest absolute Gasteiger partial charge is 0.366 e. The molecular formula is C14H28N2O2. The van der Waals surface area contributed by atoms with Crippen LogP contribution in [0.4, 0.5) is 0 Å². The van der Waals surface area contributed by atoms with Crippen LogP contribution >= 0.6 is 0 Å². The van der Waals surface area contributed by atoms with Gasteiger partial charge in [0.25, 0.3) is 0 Å². The number of carbonyl (C=O) groups excluding carboxylic acids is 1. The summed E-state index contributed by atoms with van der Waals surface area (Å²) < 4.78 is 5.54. The fraction of sp³-hybridized carbons (Fsp3) is 0.929. The lowest BCUT2D eigenvalue weighted by molar-refractivity contribution is -0.142. The van der Waals surface area contributed by atoms with Crippen LogP contribution in [0.5, 0.6) is 0 Å². The SMILES string of the molecule is CCN1CCC(N(C)C(=O)COC(C)(C)C)CC1. The maximum Gasteiger partial charge on any atom is 0.248 e. The highest BCUT2D eigenvalue weighted by molar-refractivity contribution is 5.77. The van der Waals surface area contributed by atoms with Crippen LogP contribution in [0, 0.1) is 0 Å². The zero-order valence-corrected chi connectivity index (χ0v) is 12.5. The average molecular weight is 256 g/mol. The fourth-order valence-corrected chi connectivity index (χ4v) is 2.21. The standard InChI is InChI=1S/C14H28N2O2/c1-6-16-9-7-12(8-10-16)15(5)13(17)11-18-14(2,3)4/h12H,6-11H2,1-5H3. The lowest BCUT2D eigenvalue weighted by Crippen LogP contribution is -2.47. The quantitative estimate of drug-likeness (QED) is 0.768. The molecular weight excluding hydrogens is 228 g/mol. The van der Waals surface area contributed by atoms with E-state index in [0.29, 0.717) is 6.04 Å². The summed E-state index contributed by atoms with van der Waals surface area (Å²) in [4.78, 5) is 16.3. The minimum Gasteiger partial charge on any atom is -0.366 e. The number of hydrogen-bond acceptors (Lipinski definition) is 3. The molecule has 1 fully saturated rings. The summed E-state index contributed by atoms with van der Waals surface area (Å²) in [7, 11) is 1.90. The van der Waals surface area contributed by atoms with Crippen LogP contribution in [-0.2, 0) is 9.53 Å². The third kappa shape index (κ3) is 4.94. The summed E-state index contributed by atoms with van der Waals surface area (Å²) in [5, 5.41) is 0. The van der Waals surface area contributed by atoms with Gasteiger partial charge in [0, 0.05) is 26.2 Å². The van der Waals surface area contributed by atoms with Gasteiger partial charge < -0.3 is 14.5 Å². The Morgan fingerprint density at radius 1 is 1.33 bits per heavy atom. The van der Waals surface area contributed by atoms with Gasteiger partial charge in [0.05, 0.1) is 5.60 Å². The maximum atomic E-state index is 12.0. The summed E-state index contributed by atoms with van der Waals surface area (Å²) in [6, 6.07) is 0.379. The molecule has 0 atom stereocenters. The van der Waals surface area contributed by atoms with Crippen LogP contribution in [0.2, 0.25) is 0 Å². The Bertz CT molecular complexity index is 265. The Hall–Kier alpha value is -0.610. The average Bonchev–Trinajstić information content (AvgIpc) is 2.34. The van der Waals surface area contributed by atoms with Gasteiger partial charge in [-0.1, -0.05) is 6.92 Å². The van der Waals surface area contributed by atoms with Gasteiger partial charge in [-0.3, -0.25) is 4.79 Å². The lowest BCUT2D eigenvalue weighted by atomic mass is 10.0. The Balaban J connectivity index is 2.35. The summed E-state index contributed by atoms with van der Waals surface area (Å²) in [6.45, 7) is 11.6. The lowest BCUT2D eigenvalue weighted by Gasteiger charge is -2.36. The molecule has 4 nitrogen and oxygen atoms in total. The number of rotatable bonds is 4. The Kier molecular flexibility index (Phi) is 5.60. The molecule has 0 saturated carbocycles. The first-order valence-electron chi connectivity index (χ1n) is 6.95. The number of likely N-dealkylation sites (tertiary alicyclic amines) is 1. The molecule has 4 heteroatoms. The van der Waals surface area contributed by atoms with E-state index in [-0.39, 0.29) is 18.1 Å². The molecule has 0 aromatic heterocycles. The van der Waals surface area contributed by atoms with Gasteiger partial charge in [-0.2, -0.15) is 0 Å². The molecule has 0 bridgehead atoms. The van der Waals surface area contributed by atoms with Crippen LogP contribution in [0.15, 0.2) is 0 Å². The van der Waals surface area contributed by atoms with Crippen LogP contribution in [0.3, 0.4) is 0 Å². The van der Waals surface area contributed by atoms with Crippen molar-refractivity contribution in [3.8, 4) is 0 Å². The predicted octanol–water partition coefficient (Wildman–Crippen LogP) is 1.74. The van der Waals surface area contributed by atoms with Gasteiger partial charge in [-0.25, -0.2) is 0 Å². The van der Waals surface area contributed by atoms with Crippen molar-refractivity contribution in [3.05, 3.63) is 0 Å². The third-order valence-electron chi connectivity index (χ3n) is 3.57. The summed E-state index contributed by atoms with van der Waals surface area (Å²) in [6.07, 6.45) is 2.15. The first-order chi connectivity index (χ1) is 8.33. The molecule has 0 aromatic rings. The van der Waals surface area contributed by atoms with Gasteiger partial charge >= 0.3 is 0 Å². The number of hydrogen-bond donors (Lipinski definition) is 0. The van der Waals surface area contributed by atoms with Crippen molar-refractivity contribution in [3.63, 3.8) is 0 Å². The molecule has 1 rings (SSSR count). The number of likely N-dealkylation sites (N-methyl/N-ethyl adjacent to an activating group) is 1. The van der Waals surface area contributed by atoms with Gasteiger partial charge in [0.15, 0.2) is 0 Å². The second kappa shape index (κ2) is 6.53. The molecule has 106 valence electrons. The van der Waals surface area contributed by atoms with Crippen molar-refractivity contribution < 1.29 is 9.53 Å². The summed E-state index contributed by atoms with van der Waals surface area (Å²) >= 11 is 0. The number of piperidine rings is 1. The zero-order valence-electron chi connectivity index (χ0n) is 12.5. The minimum absolute atomic E-state index is 0.0971. The monoisotopic (exact) mass is 256 g/mol. The van der Waals surface area contributed by atoms with Gasteiger partial charge in [0.2, 0.25) is 5.91 Å². The van der Waals surface area contributed by atoms with Crippen molar-refractivity contribution in [2.75, 3.05) is 33.3 Å². The van der Waals surface area contributed by atoms with Crippen molar-refractivity contribution in [2.45, 2.75) is 52.2 Å². The van der Waals surface area contributed by atoms with Gasteiger partial charge in [-0.15, -0.1) is 0 Å². The second-order valence-corrected chi connectivity index (χ2v) is 6.07. The number of nitrogens with zero attached hydrogens (tertiary/aromatic N) is 2. The molecule has 1 saturated heterocycles. The molecule has 1 aliphatic heterocycles. The predicted molar refractivity (Wildman–Crippen MR) is 73.6 cm³/mol. The van der Waals surface area contributed by atoms with E-state index < -0.39 is 0 Å². The number of amides is 1. The highest BCUT2D eigenvalue weighted by atomic mass is 16.5. The minimum atomic E-state index is -0.248. The van der Waals surface area contributed by atoms with Crippen LogP contribution in [-0.4, -0.2) is 60.6 Å². The van der Waals surface area contributed by atoms with Crippen LogP contribution in [0.25, 0.3) is 0 Å². The first-order valence-corrected chi connectivity index (χ1v) is 6.95. The topological polar surface area (TPSA) is 32.8 Å². The van der Waals surface area contributed by atoms with Crippen molar-refractivity contribution in [1.82, 2.24) is 9.80 Å². The Morgan fingerprint density at radius 3 is 2.33 bits per heavy atom. The molecule has 18 heavy (non-hydrogen) atoms. The van der Waals surface area contributed by atoms with Crippen LogP contribution in [0.1, 0.15) is 40.5 Å². The number of carbonyl (C=O) groups is 1. The Morgan fingerprint density at radius 2 is 1.89 bits per heavy atom. The third-order valence-corrected chi connectivity index (χ3v) is 3.57. The second-order valence-electron chi connectivity index (χ2n) is 6.07. The van der Waals surface area contributed by atoms with Gasteiger partial charge in [-0.05, 0) is 40.2 Å². The first kappa shape index (κ1) is 15.4. The number of ether oxygens (including phenoxy) is 1. The van der Waals surface area contributed by atoms with E-state index in [1.807, 2.05) is 32.7 Å². The Labute approximate surface area is 111 Å². The molecule has 0 unspecified atom stereocenters. The van der Waals surface area contributed by atoms with Crippen LogP contribution < -0.4 is 0 Å². The summed E-state index contributed by atoms with van der Waals surface area (Å²) in [5.74, 6) is 0.0971. The molecule has 0 spiro atoms. The van der Waals surface area contributed by atoms with Crippen molar-refractivity contribution in [2.24, 2.45) is 0 Å². The molecule has 0 aromatic carbocycles. The molecule has 1 heterocycles. The smallest absolute Gasteiger partial charge is 0.248 e. The van der Waals surface area contributed by atoms with E-state index in [0.717, 1.165) is 32.5 Å². The zero-order chi connectivity index (χ0) is 13.8. The van der Waals surface area contributed by atoms with E-state index in [2.05, 4.69) is 11.8 Å². The molecule has 0 radical (unpaired) electrons. The van der Waals surface area contributed by atoms with E-state index in [4.69, 9.17) is 4.74 Å².